The molecular formula is C15H17BrN2OS2. The summed E-state index contributed by atoms with van der Waals surface area (Å²) in [6.07, 6.45) is 0. The highest BCUT2D eigenvalue weighted by Gasteiger charge is 2.17. The van der Waals surface area contributed by atoms with E-state index in [0.29, 0.717) is 5.75 Å². The maximum absolute atomic E-state index is 11.9. The van der Waals surface area contributed by atoms with E-state index in [2.05, 4.69) is 52.4 Å². The predicted molar refractivity (Wildman–Crippen MR) is 94.3 cm³/mol. The number of hydrogen-bond acceptors (Lipinski definition) is 4. The van der Waals surface area contributed by atoms with Gasteiger partial charge in [0.25, 0.3) is 0 Å². The number of amides is 1. The lowest BCUT2D eigenvalue weighted by Gasteiger charge is -2.14. The van der Waals surface area contributed by atoms with Gasteiger partial charge in [-0.2, -0.15) is 0 Å². The van der Waals surface area contributed by atoms with Crippen molar-refractivity contribution >= 4 is 50.6 Å². The third-order valence-corrected chi connectivity index (χ3v) is 5.20. The van der Waals surface area contributed by atoms with Crippen molar-refractivity contribution in [2.75, 3.05) is 11.1 Å². The molecule has 2 aromatic rings. The highest BCUT2D eigenvalue weighted by Crippen LogP contribution is 2.29. The fourth-order valence-corrected chi connectivity index (χ4v) is 3.81. The van der Waals surface area contributed by atoms with Gasteiger partial charge in [-0.1, -0.05) is 54.5 Å². The first-order chi connectivity index (χ1) is 9.84. The number of nitrogens with zero attached hydrogens (tertiary/aromatic N) is 1. The first kappa shape index (κ1) is 16.5. The number of anilines is 1. The number of benzene rings is 1. The van der Waals surface area contributed by atoms with Gasteiger partial charge in [0.1, 0.15) is 0 Å². The number of rotatable bonds is 4. The Morgan fingerprint density at radius 3 is 2.81 bits per heavy atom. The third kappa shape index (κ3) is 5.13. The molecule has 0 spiro atoms. The first-order valence-electron chi connectivity index (χ1n) is 6.49. The number of thioether (sulfide) groups is 1. The summed E-state index contributed by atoms with van der Waals surface area (Å²) >= 11 is 6.45. The van der Waals surface area contributed by atoms with Gasteiger partial charge >= 0.3 is 0 Å². The van der Waals surface area contributed by atoms with Gasteiger partial charge < -0.3 is 5.32 Å². The fraction of sp³-hybridized carbons (Fsp3) is 0.333. The van der Waals surface area contributed by atoms with Crippen molar-refractivity contribution in [3.63, 3.8) is 0 Å². The van der Waals surface area contributed by atoms with Crippen LogP contribution in [0, 0.1) is 0 Å². The number of hydrogen-bond donors (Lipinski definition) is 1. The lowest BCUT2D eigenvalue weighted by molar-refractivity contribution is -0.113. The van der Waals surface area contributed by atoms with Crippen LogP contribution in [0.5, 0.6) is 0 Å². The molecule has 0 saturated carbocycles. The Morgan fingerprint density at radius 1 is 1.43 bits per heavy atom. The Labute approximate surface area is 141 Å². The summed E-state index contributed by atoms with van der Waals surface area (Å²) in [6, 6.07) is 7.56. The second kappa shape index (κ2) is 6.94. The van der Waals surface area contributed by atoms with Crippen LogP contribution >= 0.6 is 39.0 Å². The van der Waals surface area contributed by atoms with Crippen LogP contribution in [0.1, 0.15) is 26.5 Å². The molecule has 0 aliphatic rings. The maximum atomic E-state index is 11.9. The molecule has 6 heteroatoms. The second-order valence-electron chi connectivity index (χ2n) is 5.60. The molecule has 0 bridgehead atoms. The Kier molecular flexibility index (Phi) is 5.46. The Bertz CT molecular complexity index is 635. The highest BCUT2D eigenvalue weighted by atomic mass is 79.9. The van der Waals surface area contributed by atoms with Gasteiger partial charge in [-0.3, -0.25) is 4.79 Å². The molecule has 0 saturated heterocycles. The van der Waals surface area contributed by atoms with E-state index < -0.39 is 0 Å². The number of nitrogens with one attached hydrogen (secondary N) is 1. The second-order valence-corrected chi connectivity index (χ2v) is 8.59. The summed E-state index contributed by atoms with van der Waals surface area (Å²) in [7, 11) is 0. The van der Waals surface area contributed by atoms with Gasteiger partial charge in [-0.15, -0.1) is 11.3 Å². The fourth-order valence-electron chi connectivity index (χ4n) is 1.56. The van der Waals surface area contributed by atoms with E-state index in [1.807, 2.05) is 24.3 Å². The Hall–Kier alpha value is -0.850. The molecule has 0 atom stereocenters. The van der Waals surface area contributed by atoms with Crippen LogP contribution in [0.25, 0.3) is 0 Å². The number of carbonyl (C=O) groups is 1. The number of thiazole rings is 1. The molecule has 21 heavy (non-hydrogen) atoms. The van der Waals surface area contributed by atoms with E-state index in [0.717, 1.165) is 20.2 Å². The van der Waals surface area contributed by atoms with Crippen molar-refractivity contribution in [1.29, 1.82) is 0 Å². The van der Waals surface area contributed by atoms with Gasteiger partial charge in [0, 0.05) is 21.0 Å². The minimum Gasteiger partial charge on any atom is -0.325 e. The standard InChI is InChI=1S/C15H17BrN2OS2/c1-15(2,3)12-8-20-14(18-12)21-9-13(19)17-11-6-4-5-10(16)7-11/h4-8H,9H2,1-3H3,(H,17,19). The zero-order valence-electron chi connectivity index (χ0n) is 12.1. The van der Waals surface area contributed by atoms with Gasteiger partial charge in [0.15, 0.2) is 4.34 Å². The first-order valence-corrected chi connectivity index (χ1v) is 9.14. The zero-order chi connectivity index (χ0) is 15.5. The molecule has 2 rings (SSSR count). The quantitative estimate of drug-likeness (QED) is 0.759. The van der Waals surface area contributed by atoms with E-state index in [-0.39, 0.29) is 11.3 Å². The summed E-state index contributed by atoms with van der Waals surface area (Å²) in [5.74, 6) is 0.342. The van der Waals surface area contributed by atoms with Crippen LogP contribution in [0.3, 0.4) is 0 Å². The smallest absolute Gasteiger partial charge is 0.234 e. The van der Waals surface area contributed by atoms with Gasteiger partial charge in [0.2, 0.25) is 5.91 Å². The minimum absolute atomic E-state index is 0.0226. The Morgan fingerprint density at radius 2 is 2.19 bits per heavy atom. The molecule has 0 aliphatic heterocycles. The van der Waals surface area contributed by atoms with Crippen LogP contribution in [-0.4, -0.2) is 16.6 Å². The SMILES string of the molecule is CC(C)(C)c1csc(SCC(=O)Nc2cccc(Br)c2)n1. The molecule has 1 amide bonds. The van der Waals surface area contributed by atoms with Crippen molar-refractivity contribution in [2.24, 2.45) is 0 Å². The van der Waals surface area contributed by atoms with Crippen LogP contribution in [-0.2, 0) is 10.2 Å². The van der Waals surface area contributed by atoms with Crippen LogP contribution in [0.15, 0.2) is 38.5 Å². The van der Waals surface area contributed by atoms with E-state index in [1.165, 1.54) is 11.8 Å². The van der Waals surface area contributed by atoms with Crippen LogP contribution in [0.2, 0.25) is 0 Å². The summed E-state index contributed by atoms with van der Waals surface area (Å²) < 4.78 is 1.88. The van der Waals surface area contributed by atoms with Crippen molar-refractivity contribution < 1.29 is 4.79 Å². The van der Waals surface area contributed by atoms with Gasteiger partial charge in [-0.05, 0) is 18.2 Å². The van der Waals surface area contributed by atoms with Crippen molar-refractivity contribution in [1.82, 2.24) is 4.98 Å². The van der Waals surface area contributed by atoms with Gasteiger partial charge in [0.05, 0.1) is 11.4 Å². The lowest BCUT2D eigenvalue weighted by atomic mass is 9.93. The molecular weight excluding hydrogens is 368 g/mol. The third-order valence-electron chi connectivity index (χ3n) is 2.69. The molecule has 0 aliphatic carbocycles. The van der Waals surface area contributed by atoms with E-state index in [4.69, 9.17) is 0 Å². The average molecular weight is 385 g/mol. The van der Waals surface area contributed by atoms with Crippen LogP contribution < -0.4 is 5.32 Å². The molecule has 1 aromatic heterocycles. The molecule has 1 N–H and O–H groups in total. The monoisotopic (exact) mass is 384 g/mol. The predicted octanol–water partition coefficient (Wildman–Crippen LogP) is 4.93. The Balaban J connectivity index is 1.88. The van der Waals surface area contributed by atoms with E-state index >= 15 is 0 Å². The summed E-state index contributed by atoms with van der Waals surface area (Å²) in [6.45, 7) is 6.41. The topological polar surface area (TPSA) is 42.0 Å². The van der Waals surface area contributed by atoms with E-state index in [9.17, 15) is 4.79 Å². The summed E-state index contributed by atoms with van der Waals surface area (Å²) in [5, 5.41) is 4.94. The normalized spacial score (nSPS) is 11.4. The zero-order valence-corrected chi connectivity index (χ0v) is 15.4. The molecule has 112 valence electrons. The van der Waals surface area contributed by atoms with E-state index in [1.54, 1.807) is 11.3 Å². The molecule has 1 aromatic carbocycles. The molecule has 0 radical (unpaired) electrons. The highest BCUT2D eigenvalue weighted by molar-refractivity contribution is 9.10. The summed E-state index contributed by atoms with van der Waals surface area (Å²) in [5.41, 5.74) is 1.92. The molecule has 0 unspecified atom stereocenters. The minimum atomic E-state index is -0.0226. The van der Waals surface area contributed by atoms with Crippen molar-refractivity contribution in [3.05, 3.63) is 39.8 Å². The molecule has 0 fully saturated rings. The van der Waals surface area contributed by atoms with Gasteiger partial charge in [-0.25, -0.2) is 4.98 Å². The lowest BCUT2D eigenvalue weighted by Crippen LogP contribution is -2.14. The molecule has 1 heterocycles. The number of carbonyl (C=O) groups excluding carboxylic acids is 1. The largest absolute Gasteiger partial charge is 0.325 e. The number of halogens is 1. The summed E-state index contributed by atoms with van der Waals surface area (Å²) in [4.78, 5) is 16.5. The number of aromatic nitrogens is 1. The van der Waals surface area contributed by atoms with Crippen molar-refractivity contribution in [3.8, 4) is 0 Å². The van der Waals surface area contributed by atoms with Crippen LogP contribution in [0.4, 0.5) is 5.69 Å². The van der Waals surface area contributed by atoms with Crippen molar-refractivity contribution in [2.45, 2.75) is 30.5 Å². The molecule has 3 nitrogen and oxygen atoms in total. The maximum Gasteiger partial charge on any atom is 0.234 e. The average Bonchev–Trinajstić information content (AvgIpc) is 2.85.